The molecular formula is C8H12N2O. The van der Waals surface area contributed by atoms with Gasteiger partial charge in [0.1, 0.15) is 5.76 Å². The van der Waals surface area contributed by atoms with Crippen LogP contribution in [0.1, 0.15) is 25.1 Å². The van der Waals surface area contributed by atoms with E-state index in [1.54, 1.807) is 6.26 Å². The van der Waals surface area contributed by atoms with E-state index in [2.05, 4.69) is 17.8 Å². The van der Waals surface area contributed by atoms with Gasteiger partial charge in [-0.05, 0) is 25.5 Å². The Morgan fingerprint density at radius 2 is 2.45 bits per heavy atom. The van der Waals surface area contributed by atoms with Crippen molar-refractivity contribution < 1.29 is 4.42 Å². The van der Waals surface area contributed by atoms with Crippen LogP contribution in [0.15, 0.2) is 22.8 Å². The molecule has 0 saturated carbocycles. The molecule has 2 rings (SSSR count). The summed E-state index contributed by atoms with van der Waals surface area (Å²) >= 11 is 0. The van der Waals surface area contributed by atoms with Crippen molar-refractivity contribution in [2.45, 2.75) is 25.4 Å². The van der Waals surface area contributed by atoms with E-state index in [9.17, 15) is 0 Å². The summed E-state index contributed by atoms with van der Waals surface area (Å²) in [7, 11) is 0. The topological polar surface area (TPSA) is 37.2 Å². The van der Waals surface area contributed by atoms with Crippen LogP contribution < -0.4 is 10.9 Å². The summed E-state index contributed by atoms with van der Waals surface area (Å²) in [4.78, 5) is 0. The number of rotatable bonds is 1. The minimum atomic E-state index is 0.347. The third-order valence-corrected chi connectivity index (χ3v) is 1.98. The fourth-order valence-electron chi connectivity index (χ4n) is 1.39. The molecule has 0 aromatic carbocycles. The number of hydrogen-bond acceptors (Lipinski definition) is 3. The Morgan fingerprint density at radius 1 is 1.55 bits per heavy atom. The van der Waals surface area contributed by atoms with Crippen LogP contribution in [0, 0.1) is 0 Å². The Balaban J connectivity index is 2.08. The second-order valence-corrected chi connectivity index (χ2v) is 2.99. The van der Waals surface area contributed by atoms with Gasteiger partial charge >= 0.3 is 0 Å². The van der Waals surface area contributed by atoms with Crippen molar-refractivity contribution in [3.8, 4) is 0 Å². The fraction of sp³-hybridized carbons (Fsp3) is 0.500. The lowest BCUT2D eigenvalue weighted by Crippen LogP contribution is -2.28. The van der Waals surface area contributed by atoms with E-state index in [1.165, 1.54) is 0 Å². The molecule has 0 unspecified atom stereocenters. The summed E-state index contributed by atoms with van der Waals surface area (Å²) in [6, 6.07) is 4.79. The van der Waals surface area contributed by atoms with Crippen molar-refractivity contribution in [2.24, 2.45) is 0 Å². The first-order valence-corrected chi connectivity index (χ1v) is 3.91. The van der Waals surface area contributed by atoms with E-state index in [1.807, 2.05) is 12.1 Å². The largest absolute Gasteiger partial charge is 0.468 e. The first-order valence-electron chi connectivity index (χ1n) is 3.91. The molecule has 1 aliphatic heterocycles. The van der Waals surface area contributed by atoms with Gasteiger partial charge in [-0.3, -0.25) is 5.43 Å². The third-order valence-electron chi connectivity index (χ3n) is 1.98. The van der Waals surface area contributed by atoms with Crippen LogP contribution in [0.2, 0.25) is 0 Å². The standard InChI is InChI=1S/C8H12N2O/c1-6-5-7(10-9-6)8-3-2-4-11-8/h2-4,6-7,9-10H,5H2,1H3/t6-,7-/m0/s1. The average Bonchev–Trinajstić information content (AvgIpc) is 2.55. The Kier molecular flexibility index (Phi) is 1.68. The van der Waals surface area contributed by atoms with Crippen molar-refractivity contribution in [3.05, 3.63) is 24.2 Å². The summed E-state index contributed by atoms with van der Waals surface area (Å²) in [5.41, 5.74) is 6.31. The van der Waals surface area contributed by atoms with Crippen molar-refractivity contribution >= 4 is 0 Å². The van der Waals surface area contributed by atoms with Crippen molar-refractivity contribution in [2.75, 3.05) is 0 Å². The molecule has 0 bridgehead atoms. The van der Waals surface area contributed by atoms with Gasteiger partial charge in [0, 0.05) is 6.04 Å². The average molecular weight is 152 g/mol. The minimum Gasteiger partial charge on any atom is -0.468 e. The Bertz CT molecular complexity index is 220. The number of nitrogens with one attached hydrogen (secondary N) is 2. The summed E-state index contributed by atoms with van der Waals surface area (Å²) in [6.07, 6.45) is 2.80. The smallest absolute Gasteiger partial charge is 0.122 e. The summed E-state index contributed by atoms with van der Waals surface area (Å²) in [6.45, 7) is 2.15. The lowest BCUT2D eigenvalue weighted by atomic mass is 10.1. The highest BCUT2D eigenvalue weighted by Crippen LogP contribution is 2.21. The summed E-state index contributed by atoms with van der Waals surface area (Å²) in [5.74, 6) is 1.02. The van der Waals surface area contributed by atoms with E-state index in [-0.39, 0.29) is 0 Å². The molecule has 1 aromatic rings. The van der Waals surface area contributed by atoms with Crippen LogP contribution in [0.3, 0.4) is 0 Å². The molecule has 1 aromatic heterocycles. The first-order chi connectivity index (χ1) is 5.36. The summed E-state index contributed by atoms with van der Waals surface area (Å²) in [5, 5.41) is 0. The van der Waals surface area contributed by atoms with Crippen LogP contribution in [0.4, 0.5) is 0 Å². The molecule has 0 spiro atoms. The van der Waals surface area contributed by atoms with Gasteiger partial charge in [-0.15, -0.1) is 0 Å². The SMILES string of the molecule is C[C@H]1C[C@@H](c2ccco2)NN1. The Labute approximate surface area is 65.7 Å². The van der Waals surface area contributed by atoms with Gasteiger partial charge in [0.2, 0.25) is 0 Å². The maximum atomic E-state index is 5.26. The molecular weight excluding hydrogens is 140 g/mol. The molecule has 1 saturated heterocycles. The van der Waals surface area contributed by atoms with Crippen molar-refractivity contribution in [1.82, 2.24) is 10.9 Å². The lowest BCUT2D eigenvalue weighted by Gasteiger charge is -2.03. The Morgan fingerprint density at radius 3 is 3.00 bits per heavy atom. The first kappa shape index (κ1) is 6.88. The number of furan rings is 1. The predicted molar refractivity (Wildman–Crippen MR) is 41.8 cm³/mol. The molecule has 1 fully saturated rings. The molecule has 2 N–H and O–H groups in total. The molecule has 60 valence electrons. The van der Waals surface area contributed by atoms with E-state index >= 15 is 0 Å². The van der Waals surface area contributed by atoms with Gasteiger partial charge < -0.3 is 4.42 Å². The van der Waals surface area contributed by atoms with Crippen LogP contribution >= 0.6 is 0 Å². The van der Waals surface area contributed by atoms with Crippen LogP contribution in [0.25, 0.3) is 0 Å². The monoisotopic (exact) mass is 152 g/mol. The molecule has 0 aliphatic carbocycles. The van der Waals surface area contributed by atoms with Gasteiger partial charge in [0.15, 0.2) is 0 Å². The van der Waals surface area contributed by atoms with Gasteiger partial charge in [-0.25, -0.2) is 5.43 Å². The molecule has 3 nitrogen and oxygen atoms in total. The predicted octanol–water partition coefficient (Wildman–Crippen LogP) is 1.21. The zero-order chi connectivity index (χ0) is 7.68. The van der Waals surface area contributed by atoms with Gasteiger partial charge in [-0.2, -0.15) is 0 Å². The lowest BCUT2D eigenvalue weighted by molar-refractivity contribution is 0.433. The van der Waals surface area contributed by atoms with Crippen LogP contribution in [-0.2, 0) is 0 Å². The molecule has 3 heteroatoms. The molecule has 2 atom stereocenters. The fourth-order valence-corrected chi connectivity index (χ4v) is 1.39. The molecule has 0 amide bonds. The zero-order valence-electron chi connectivity index (χ0n) is 6.50. The van der Waals surface area contributed by atoms with E-state index in [0.717, 1.165) is 12.2 Å². The molecule has 0 radical (unpaired) electrons. The quantitative estimate of drug-likeness (QED) is 0.635. The van der Waals surface area contributed by atoms with E-state index in [0.29, 0.717) is 12.1 Å². The Hall–Kier alpha value is -0.800. The number of hydrogen-bond donors (Lipinski definition) is 2. The van der Waals surface area contributed by atoms with Crippen molar-refractivity contribution in [3.63, 3.8) is 0 Å². The zero-order valence-corrected chi connectivity index (χ0v) is 6.50. The van der Waals surface area contributed by atoms with Gasteiger partial charge in [0.25, 0.3) is 0 Å². The molecule has 2 heterocycles. The second kappa shape index (κ2) is 2.68. The van der Waals surface area contributed by atoms with Crippen molar-refractivity contribution in [1.29, 1.82) is 0 Å². The highest BCUT2D eigenvalue weighted by Gasteiger charge is 2.23. The molecule has 1 aliphatic rings. The maximum absolute atomic E-state index is 5.26. The normalized spacial score (nSPS) is 31.0. The molecule has 11 heavy (non-hydrogen) atoms. The van der Waals surface area contributed by atoms with Crippen LogP contribution in [-0.4, -0.2) is 6.04 Å². The van der Waals surface area contributed by atoms with E-state index < -0.39 is 0 Å². The van der Waals surface area contributed by atoms with E-state index in [4.69, 9.17) is 4.42 Å². The highest BCUT2D eigenvalue weighted by atomic mass is 16.3. The third kappa shape index (κ3) is 1.29. The van der Waals surface area contributed by atoms with Gasteiger partial charge in [0.05, 0.1) is 12.3 Å². The van der Waals surface area contributed by atoms with Gasteiger partial charge in [-0.1, -0.05) is 0 Å². The highest BCUT2D eigenvalue weighted by molar-refractivity contribution is 5.06. The minimum absolute atomic E-state index is 0.347. The number of hydrazine groups is 1. The second-order valence-electron chi connectivity index (χ2n) is 2.99. The van der Waals surface area contributed by atoms with Crippen LogP contribution in [0.5, 0.6) is 0 Å². The summed E-state index contributed by atoms with van der Waals surface area (Å²) < 4.78 is 5.26. The maximum Gasteiger partial charge on any atom is 0.122 e.